The summed E-state index contributed by atoms with van der Waals surface area (Å²) in [7, 11) is 3.16. The largest absolute Gasteiger partial charge is 0.493 e. The second kappa shape index (κ2) is 7.50. The SMILES string of the molecule is COc1ccc(C(O)COCCC(C)(C)C)cc1OC. The van der Waals surface area contributed by atoms with Gasteiger partial charge in [0.1, 0.15) is 6.10 Å². The van der Waals surface area contributed by atoms with E-state index in [0.717, 1.165) is 12.0 Å². The highest BCUT2D eigenvalue weighted by Crippen LogP contribution is 2.30. The Morgan fingerprint density at radius 2 is 1.75 bits per heavy atom. The van der Waals surface area contributed by atoms with Gasteiger partial charge in [-0.15, -0.1) is 0 Å². The Labute approximate surface area is 121 Å². The molecule has 0 fully saturated rings. The van der Waals surface area contributed by atoms with E-state index in [9.17, 15) is 5.11 Å². The summed E-state index contributed by atoms with van der Waals surface area (Å²) in [6.07, 6.45) is 0.306. The fourth-order valence-electron chi connectivity index (χ4n) is 1.73. The number of aliphatic hydroxyl groups is 1. The molecule has 0 heterocycles. The summed E-state index contributed by atoms with van der Waals surface area (Å²) in [6, 6.07) is 5.38. The summed E-state index contributed by atoms with van der Waals surface area (Å²) in [6.45, 7) is 7.43. The fraction of sp³-hybridized carbons (Fsp3) is 0.625. The minimum Gasteiger partial charge on any atom is -0.493 e. The third kappa shape index (κ3) is 5.39. The highest BCUT2D eigenvalue weighted by Gasteiger charge is 2.13. The number of hydrogen-bond donors (Lipinski definition) is 1. The molecule has 0 aliphatic carbocycles. The highest BCUT2D eigenvalue weighted by molar-refractivity contribution is 5.43. The van der Waals surface area contributed by atoms with Gasteiger partial charge in [-0.2, -0.15) is 0 Å². The lowest BCUT2D eigenvalue weighted by molar-refractivity contribution is 0.0262. The second-order valence-electron chi connectivity index (χ2n) is 6.02. The van der Waals surface area contributed by atoms with Crippen molar-refractivity contribution in [2.45, 2.75) is 33.3 Å². The van der Waals surface area contributed by atoms with Crippen LogP contribution in [-0.4, -0.2) is 32.5 Å². The molecule has 0 aliphatic rings. The number of benzene rings is 1. The van der Waals surface area contributed by atoms with Gasteiger partial charge in [-0.05, 0) is 29.5 Å². The average molecular weight is 282 g/mol. The van der Waals surface area contributed by atoms with Crippen LogP contribution >= 0.6 is 0 Å². The van der Waals surface area contributed by atoms with Crippen LogP contribution in [0.4, 0.5) is 0 Å². The Bertz CT molecular complexity index is 409. The summed E-state index contributed by atoms with van der Waals surface area (Å²) in [4.78, 5) is 0. The van der Waals surface area contributed by atoms with E-state index < -0.39 is 6.10 Å². The van der Waals surface area contributed by atoms with E-state index in [0.29, 0.717) is 18.1 Å². The molecule has 4 heteroatoms. The number of hydrogen-bond acceptors (Lipinski definition) is 4. The number of ether oxygens (including phenoxy) is 3. The topological polar surface area (TPSA) is 47.9 Å². The van der Waals surface area contributed by atoms with Gasteiger partial charge in [0, 0.05) is 6.61 Å². The van der Waals surface area contributed by atoms with E-state index in [1.807, 2.05) is 6.07 Å². The first kappa shape index (κ1) is 16.8. The molecule has 0 saturated heterocycles. The van der Waals surface area contributed by atoms with Crippen molar-refractivity contribution in [1.82, 2.24) is 0 Å². The zero-order valence-electron chi connectivity index (χ0n) is 13.1. The van der Waals surface area contributed by atoms with Crippen molar-refractivity contribution >= 4 is 0 Å². The Hall–Kier alpha value is -1.26. The first-order valence-electron chi connectivity index (χ1n) is 6.85. The molecule has 20 heavy (non-hydrogen) atoms. The molecule has 114 valence electrons. The predicted octanol–water partition coefficient (Wildman–Crippen LogP) is 3.19. The lowest BCUT2D eigenvalue weighted by atomic mass is 9.93. The smallest absolute Gasteiger partial charge is 0.161 e. The maximum atomic E-state index is 10.1. The molecule has 0 spiro atoms. The predicted molar refractivity (Wildman–Crippen MR) is 79.4 cm³/mol. The van der Waals surface area contributed by atoms with E-state index >= 15 is 0 Å². The second-order valence-corrected chi connectivity index (χ2v) is 6.02. The van der Waals surface area contributed by atoms with Crippen molar-refractivity contribution in [2.24, 2.45) is 5.41 Å². The third-order valence-electron chi connectivity index (χ3n) is 3.06. The van der Waals surface area contributed by atoms with Crippen molar-refractivity contribution in [3.63, 3.8) is 0 Å². The lowest BCUT2D eigenvalue weighted by Gasteiger charge is -2.19. The summed E-state index contributed by atoms with van der Waals surface area (Å²) in [5.41, 5.74) is 1.01. The first-order valence-corrected chi connectivity index (χ1v) is 6.85. The highest BCUT2D eigenvalue weighted by atomic mass is 16.5. The Balaban J connectivity index is 2.53. The van der Waals surface area contributed by atoms with Gasteiger partial charge in [-0.3, -0.25) is 0 Å². The van der Waals surface area contributed by atoms with Crippen LogP contribution in [-0.2, 0) is 4.74 Å². The van der Waals surface area contributed by atoms with Crippen molar-refractivity contribution in [2.75, 3.05) is 27.4 Å². The van der Waals surface area contributed by atoms with Gasteiger partial charge < -0.3 is 19.3 Å². The number of methoxy groups -OCH3 is 2. The van der Waals surface area contributed by atoms with Gasteiger partial charge in [0.05, 0.1) is 20.8 Å². The van der Waals surface area contributed by atoms with E-state index in [2.05, 4.69) is 20.8 Å². The van der Waals surface area contributed by atoms with E-state index in [1.54, 1.807) is 26.4 Å². The van der Waals surface area contributed by atoms with Crippen molar-refractivity contribution in [1.29, 1.82) is 0 Å². The molecule has 0 saturated carbocycles. The summed E-state index contributed by atoms with van der Waals surface area (Å²) >= 11 is 0. The average Bonchev–Trinajstić information content (AvgIpc) is 2.41. The van der Waals surface area contributed by atoms with Gasteiger partial charge >= 0.3 is 0 Å². The molecule has 0 aliphatic heterocycles. The first-order chi connectivity index (χ1) is 9.37. The van der Waals surface area contributed by atoms with Gasteiger partial charge in [0.15, 0.2) is 11.5 Å². The van der Waals surface area contributed by atoms with Crippen LogP contribution < -0.4 is 9.47 Å². The monoisotopic (exact) mass is 282 g/mol. The quantitative estimate of drug-likeness (QED) is 0.780. The molecule has 0 amide bonds. The molecule has 1 aromatic rings. The van der Waals surface area contributed by atoms with Crippen molar-refractivity contribution in [3.8, 4) is 11.5 Å². The van der Waals surface area contributed by atoms with Gasteiger partial charge in [0.25, 0.3) is 0 Å². The molecule has 4 nitrogen and oxygen atoms in total. The normalized spacial score (nSPS) is 13.1. The van der Waals surface area contributed by atoms with Crippen LogP contribution in [0.1, 0.15) is 38.9 Å². The Morgan fingerprint density at radius 1 is 1.10 bits per heavy atom. The number of aliphatic hydroxyl groups excluding tert-OH is 1. The molecule has 1 aromatic carbocycles. The minimum absolute atomic E-state index is 0.244. The molecule has 1 unspecified atom stereocenters. The van der Waals surface area contributed by atoms with Crippen molar-refractivity contribution < 1.29 is 19.3 Å². The molecule has 0 aromatic heterocycles. The van der Waals surface area contributed by atoms with Crippen LogP contribution in [0.2, 0.25) is 0 Å². The molecule has 1 atom stereocenters. The molecule has 1 N–H and O–H groups in total. The van der Waals surface area contributed by atoms with Gasteiger partial charge in [-0.25, -0.2) is 0 Å². The maximum Gasteiger partial charge on any atom is 0.161 e. The Kier molecular flexibility index (Phi) is 6.30. The van der Waals surface area contributed by atoms with Gasteiger partial charge in [0.2, 0.25) is 0 Å². The van der Waals surface area contributed by atoms with Crippen LogP contribution in [0.5, 0.6) is 11.5 Å². The lowest BCUT2D eigenvalue weighted by Crippen LogP contribution is -2.13. The van der Waals surface area contributed by atoms with E-state index in [-0.39, 0.29) is 12.0 Å². The molecule has 1 rings (SSSR count). The van der Waals surface area contributed by atoms with Gasteiger partial charge in [-0.1, -0.05) is 26.8 Å². The van der Waals surface area contributed by atoms with Crippen LogP contribution in [0.3, 0.4) is 0 Å². The molecule has 0 radical (unpaired) electrons. The zero-order chi connectivity index (χ0) is 15.2. The minimum atomic E-state index is -0.658. The Morgan fingerprint density at radius 3 is 2.30 bits per heavy atom. The number of rotatable bonds is 7. The summed E-state index contributed by atoms with van der Waals surface area (Å²) in [5, 5.41) is 10.1. The standard InChI is InChI=1S/C16H26O4/c1-16(2,3)8-9-20-11-13(17)12-6-7-14(18-4)15(10-12)19-5/h6-7,10,13,17H,8-9,11H2,1-5H3. The molecular weight excluding hydrogens is 256 g/mol. The van der Waals surface area contributed by atoms with Crippen LogP contribution in [0.25, 0.3) is 0 Å². The molecular formula is C16H26O4. The summed E-state index contributed by atoms with van der Waals surface area (Å²) < 4.78 is 15.9. The van der Waals surface area contributed by atoms with E-state index in [1.165, 1.54) is 0 Å². The zero-order valence-corrected chi connectivity index (χ0v) is 13.1. The van der Waals surface area contributed by atoms with Crippen LogP contribution in [0, 0.1) is 5.41 Å². The molecule has 0 bridgehead atoms. The van der Waals surface area contributed by atoms with E-state index in [4.69, 9.17) is 14.2 Å². The maximum absolute atomic E-state index is 10.1. The fourth-order valence-corrected chi connectivity index (χ4v) is 1.73. The van der Waals surface area contributed by atoms with Crippen molar-refractivity contribution in [3.05, 3.63) is 23.8 Å². The summed E-state index contributed by atoms with van der Waals surface area (Å²) in [5.74, 6) is 1.26. The van der Waals surface area contributed by atoms with Crippen LogP contribution in [0.15, 0.2) is 18.2 Å². The third-order valence-corrected chi connectivity index (χ3v) is 3.06.